The average Bonchev–Trinajstić information content (AvgIpc) is 2.43. The Morgan fingerprint density at radius 2 is 1.58 bits per heavy atom. The minimum absolute atomic E-state index is 0.277. The molecule has 4 heteroatoms. The fourth-order valence-electron chi connectivity index (χ4n) is 2.39. The van der Waals surface area contributed by atoms with Crippen LogP contribution < -0.4 is 4.74 Å². The summed E-state index contributed by atoms with van der Waals surface area (Å²) in [5.74, 6) is 1.10. The third-order valence-electron chi connectivity index (χ3n) is 3.52. The number of phenolic OH excluding ortho intramolecular Hbond substituents is 1. The first-order valence-corrected chi connectivity index (χ1v) is 7.14. The van der Waals surface area contributed by atoms with Gasteiger partial charge in [-0.25, -0.2) is 0 Å². The Hall–Kier alpha value is -1.26. The molecule has 1 saturated heterocycles. The summed E-state index contributed by atoms with van der Waals surface area (Å²) in [7, 11) is 0. The largest absolute Gasteiger partial charge is 0.508 e. The standard InChI is InChI=1S/C15H24N2O2/c1-2-7-16-8-10-17(11-9-16)12-13-19-15-5-3-14(18)4-6-15/h3-6,18H,2,7-13H2,1H3. The Kier molecular flexibility index (Phi) is 5.48. The maximum Gasteiger partial charge on any atom is 0.119 e. The summed E-state index contributed by atoms with van der Waals surface area (Å²) in [5, 5.41) is 9.19. The van der Waals surface area contributed by atoms with Crippen molar-refractivity contribution < 1.29 is 9.84 Å². The molecule has 1 fully saturated rings. The number of hydrogen-bond donors (Lipinski definition) is 1. The maximum atomic E-state index is 9.19. The molecule has 0 spiro atoms. The van der Waals surface area contributed by atoms with E-state index < -0.39 is 0 Å². The number of rotatable bonds is 6. The number of aromatic hydroxyl groups is 1. The van der Waals surface area contributed by atoms with Crippen LogP contribution in [0.1, 0.15) is 13.3 Å². The highest BCUT2D eigenvalue weighted by atomic mass is 16.5. The number of benzene rings is 1. The van der Waals surface area contributed by atoms with E-state index in [1.165, 1.54) is 26.1 Å². The van der Waals surface area contributed by atoms with Crippen LogP contribution in [0.4, 0.5) is 0 Å². The third-order valence-corrected chi connectivity index (χ3v) is 3.52. The highest BCUT2D eigenvalue weighted by molar-refractivity contribution is 5.29. The van der Waals surface area contributed by atoms with Crippen molar-refractivity contribution in [1.82, 2.24) is 9.80 Å². The number of nitrogens with zero attached hydrogens (tertiary/aromatic N) is 2. The van der Waals surface area contributed by atoms with Crippen LogP contribution in [0.15, 0.2) is 24.3 Å². The zero-order valence-electron chi connectivity index (χ0n) is 11.7. The molecule has 4 nitrogen and oxygen atoms in total. The van der Waals surface area contributed by atoms with Crippen molar-refractivity contribution in [2.45, 2.75) is 13.3 Å². The molecule has 1 N–H and O–H groups in total. The van der Waals surface area contributed by atoms with Crippen molar-refractivity contribution in [1.29, 1.82) is 0 Å². The predicted octanol–water partition coefficient (Wildman–Crippen LogP) is 1.80. The fourth-order valence-corrected chi connectivity index (χ4v) is 2.39. The van der Waals surface area contributed by atoms with Gasteiger partial charge in [0.25, 0.3) is 0 Å². The fraction of sp³-hybridized carbons (Fsp3) is 0.600. The molecule has 19 heavy (non-hydrogen) atoms. The predicted molar refractivity (Wildman–Crippen MR) is 76.8 cm³/mol. The van der Waals surface area contributed by atoms with Crippen LogP contribution in [-0.4, -0.2) is 60.8 Å². The quantitative estimate of drug-likeness (QED) is 0.850. The van der Waals surface area contributed by atoms with E-state index in [4.69, 9.17) is 4.74 Å². The summed E-state index contributed by atoms with van der Waals surface area (Å²) in [6.07, 6.45) is 1.24. The normalized spacial score (nSPS) is 17.5. The summed E-state index contributed by atoms with van der Waals surface area (Å²) in [5.41, 5.74) is 0. The van der Waals surface area contributed by atoms with Crippen LogP contribution in [0.3, 0.4) is 0 Å². The van der Waals surface area contributed by atoms with Gasteiger partial charge in [-0.05, 0) is 37.2 Å². The van der Waals surface area contributed by atoms with E-state index in [1.807, 2.05) is 0 Å². The van der Waals surface area contributed by atoms with Gasteiger partial charge in [-0.3, -0.25) is 4.90 Å². The van der Waals surface area contributed by atoms with Crippen LogP contribution in [0, 0.1) is 0 Å². The first kappa shape index (κ1) is 14.2. The molecule has 1 heterocycles. The Balaban J connectivity index is 1.63. The Morgan fingerprint density at radius 3 is 2.16 bits per heavy atom. The molecule has 0 bridgehead atoms. The van der Waals surface area contributed by atoms with Crippen LogP contribution >= 0.6 is 0 Å². The maximum absolute atomic E-state index is 9.19. The molecule has 1 aliphatic heterocycles. The third kappa shape index (κ3) is 4.73. The van der Waals surface area contributed by atoms with Gasteiger partial charge in [-0.2, -0.15) is 0 Å². The lowest BCUT2D eigenvalue weighted by Gasteiger charge is -2.34. The second-order valence-corrected chi connectivity index (χ2v) is 5.03. The Labute approximate surface area is 115 Å². The Bertz CT molecular complexity index is 359. The lowest BCUT2D eigenvalue weighted by molar-refractivity contribution is 0.117. The monoisotopic (exact) mass is 264 g/mol. The van der Waals surface area contributed by atoms with E-state index >= 15 is 0 Å². The zero-order valence-corrected chi connectivity index (χ0v) is 11.7. The van der Waals surface area contributed by atoms with Gasteiger partial charge in [-0.15, -0.1) is 0 Å². The lowest BCUT2D eigenvalue weighted by Crippen LogP contribution is -2.47. The minimum atomic E-state index is 0.277. The molecule has 0 saturated carbocycles. The van der Waals surface area contributed by atoms with Crippen molar-refractivity contribution in [3.63, 3.8) is 0 Å². The highest BCUT2D eigenvalue weighted by Gasteiger charge is 2.15. The topological polar surface area (TPSA) is 35.9 Å². The summed E-state index contributed by atoms with van der Waals surface area (Å²) in [4.78, 5) is 4.98. The molecule has 106 valence electrons. The van der Waals surface area contributed by atoms with Gasteiger partial charge in [0.15, 0.2) is 0 Å². The van der Waals surface area contributed by atoms with Crippen LogP contribution in [0.2, 0.25) is 0 Å². The highest BCUT2D eigenvalue weighted by Crippen LogP contribution is 2.15. The second-order valence-electron chi connectivity index (χ2n) is 5.03. The first-order chi connectivity index (χ1) is 9.28. The smallest absolute Gasteiger partial charge is 0.119 e. The minimum Gasteiger partial charge on any atom is -0.508 e. The van der Waals surface area contributed by atoms with E-state index in [9.17, 15) is 5.11 Å². The molecular weight excluding hydrogens is 240 g/mol. The van der Waals surface area contributed by atoms with Crippen LogP contribution in [-0.2, 0) is 0 Å². The van der Waals surface area contributed by atoms with Gasteiger partial charge in [0.2, 0.25) is 0 Å². The van der Waals surface area contributed by atoms with Crippen molar-refractivity contribution in [2.24, 2.45) is 0 Å². The molecule has 0 aromatic heterocycles. The van der Waals surface area contributed by atoms with E-state index in [2.05, 4.69) is 16.7 Å². The number of piperazine rings is 1. The summed E-state index contributed by atoms with van der Waals surface area (Å²) >= 11 is 0. The van der Waals surface area contributed by atoms with Crippen LogP contribution in [0.25, 0.3) is 0 Å². The molecular formula is C15H24N2O2. The first-order valence-electron chi connectivity index (χ1n) is 7.14. The van der Waals surface area contributed by atoms with Gasteiger partial charge in [0, 0.05) is 32.7 Å². The molecule has 2 rings (SSSR count). The summed E-state index contributed by atoms with van der Waals surface area (Å²) in [6, 6.07) is 6.90. The van der Waals surface area contributed by atoms with Crippen molar-refractivity contribution >= 4 is 0 Å². The number of phenols is 1. The SMILES string of the molecule is CCCN1CCN(CCOc2ccc(O)cc2)CC1. The van der Waals surface area contributed by atoms with Crippen LogP contribution in [0.5, 0.6) is 11.5 Å². The molecule has 1 aliphatic rings. The van der Waals surface area contributed by atoms with Gasteiger partial charge in [-0.1, -0.05) is 6.92 Å². The molecule has 0 unspecified atom stereocenters. The van der Waals surface area contributed by atoms with Crippen molar-refractivity contribution in [3.8, 4) is 11.5 Å². The van der Waals surface area contributed by atoms with E-state index in [0.717, 1.165) is 25.4 Å². The molecule has 0 atom stereocenters. The zero-order chi connectivity index (χ0) is 13.5. The van der Waals surface area contributed by atoms with E-state index in [1.54, 1.807) is 24.3 Å². The molecule has 0 aliphatic carbocycles. The van der Waals surface area contributed by atoms with Crippen molar-refractivity contribution in [2.75, 3.05) is 45.9 Å². The number of ether oxygens (including phenoxy) is 1. The van der Waals surface area contributed by atoms with Gasteiger partial charge in [0.1, 0.15) is 18.1 Å². The van der Waals surface area contributed by atoms with E-state index in [-0.39, 0.29) is 5.75 Å². The molecule has 1 aromatic carbocycles. The molecule has 1 aromatic rings. The lowest BCUT2D eigenvalue weighted by atomic mass is 10.3. The molecule has 0 amide bonds. The van der Waals surface area contributed by atoms with Crippen molar-refractivity contribution in [3.05, 3.63) is 24.3 Å². The summed E-state index contributed by atoms with van der Waals surface area (Å²) < 4.78 is 5.67. The van der Waals surface area contributed by atoms with Gasteiger partial charge in [0.05, 0.1) is 0 Å². The molecule has 0 radical (unpaired) electrons. The second kappa shape index (κ2) is 7.36. The van der Waals surface area contributed by atoms with Gasteiger partial charge < -0.3 is 14.7 Å². The Morgan fingerprint density at radius 1 is 1.00 bits per heavy atom. The number of hydrogen-bond acceptors (Lipinski definition) is 4. The summed E-state index contributed by atoms with van der Waals surface area (Å²) in [6.45, 7) is 9.76. The van der Waals surface area contributed by atoms with E-state index in [0.29, 0.717) is 6.61 Å². The van der Waals surface area contributed by atoms with Gasteiger partial charge >= 0.3 is 0 Å². The average molecular weight is 264 g/mol.